The van der Waals surface area contributed by atoms with Gasteiger partial charge < -0.3 is 3.55 Å². The van der Waals surface area contributed by atoms with E-state index < -0.39 is 0 Å². The zero-order valence-electron chi connectivity index (χ0n) is 9.67. The summed E-state index contributed by atoms with van der Waals surface area (Å²) in [5, 5.41) is 3.71. The van der Waals surface area contributed by atoms with Crippen LogP contribution in [-0.2, 0) is 0 Å². The van der Waals surface area contributed by atoms with Crippen LogP contribution in [0.3, 0.4) is 0 Å². The van der Waals surface area contributed by atoms with Crippen molar-refractivity contribution in [1.29, 1.82) is 0 Å². The second-order valence-corrected chi connectivity index (χ2v) is 4.94. The number of nitrogens with zero attached hydrogens (tertiary/aromatic N) is 2. The molecule has 18 heavy (non-hydrogen) atoms. The molecule has 0 aliphatic heterocycles. The van der Waals surface area contributed by atoms with Crippen LogP contribution in [0.2, 0.25) is 0 Å². The van der Waals surface area contributed by atoms with E-state index in [1.165, 1.54) is 27.2 Å². The van der Waals surface area contributed by atoms with E-state index in [1.54, 1.807) is 0 Å². The number of hydrogen-bond acceptors (Lipinski definition) is 1. The van der Waals surface area contributed by atoms with E-state index in [0.717, 1.165) is 5.52 Å². The summed E-state index contributed by atoms with van der Waals surface area (Å²) in [7, 11) is 0. The maximum absolute atomic E-state index is 4.53. The van der Waals surface area contributed by atoms with Crippen LogP contribution in [0.5, 0.6) is 0 Å². The highest BCUT2D eigenvalue weighted by molar-refractivity contribution is 6.26. The highest BCUT2D eigenvalue weighted by Gasteiger charge is 2.09. The fourth-order valence-corrected chi connectivity index (χ4v) is 3.11. The summed E-state index contributed by atoms with van der Waals surface area (Å²) in [5.74, 6) is 0. The third-order valence-corrected chi connectivity index (χ3v) is 3.98. The Morgan fingerprint density at radius 1 is 0.889 bits per heavy atom. The quantitative estimate of drug-likeness (QED) is 0.434. The molecule has 4 rings (SSSR count). The van der Waals surface area contributed by atoms with E-state index in [9.17, 15) is 0 Å². The number of para-hydroxylation sites is 1. The third-order valence-electron chi connectivity index (χ3n) is 3.44. The van der Waals surface area contributed by atoms with Crippen molar-refractivity contribution in [2.45, 2.75) is 0 Å². The largest absolute Gasteiger partial charge is 0.450 e. The number of fused-ring (bicyclic) bond motifs is 5. The number of pyridine rings is 1. The second kappa shape index (κ2) is 3.59. The van der Waals surface area contributed by atoms with E-state index in [-0.39, 0.29) is 0 Å². The molecule has 82 valence electrons. The summed E-state index contributed by atoms with van der Waals surface area (Å²) in [6.07, 6.45) is 1.85. The van der Waals surface area contributed by atoms with Crippen LogP contribution in [0.1, 0.15) is 0 Å². The number of benzene rings is 2. The highest BCUT2D eigenvalue weighted by Crippen LogP contribution is 2.31. The molecule has 0 aliphatic rings. The molecule has 0 spiro atoms. The maximum Gasteiger partial charge on any atom is 0.318 e. The summed E-state index contributed by atoms with van der Waals surface area (Å²) < 4.78 is 2.15. The van der Waals surface area contributed by atoms with Crippen molar-refractivity contribution < 1.29 is 0 Å². The minimum absolute atomic E-state index is 1.06. The molecule has 2 heterocycles. The predicted molar refractivity (Wildman–Crippen MR) is 75.9 cm³/mol. The molecule has 4 aromatic rings. The summed E-state index contributed by atoms with van der Waals surface area (Å²) in [6.45, 7) is 0. The van der Waals surface area contributed by atoms with Crippen LogP contribution in [0.4, 0.5) is 0 Å². The van der Waals surface area contributed by atoms with Crippen molar-refractivity contribution in [1.82, 2.24) is 8.53 Å². The highest BCUT2D eigenvalue weighted by atomic mass is 27.1. The van der Waals surface area contributed by atoms with E-state index in [2.05, 4.69) is 67.5 Å². The average molecular weight is 244 g/mol. The monoisotopic (exact) mass is 244 g/mol. The Bertz CT molecular complexity index is 893. The maximum atomic E-state index is 4.53. The number of aromatic nitrogens is 2. The van der Waals surface area contributed by atoms with Gasteiger partial charge in [-0.05, 0) is 12.1 Å². The molecule has 0 saturated carbocycles. The van der Waals surface area contributed by atoms with Gasteiger partial charge in [-0.3, -0.25) is 4.98 Å². The van der Waals surface area contributed by atoms with E-state index >= 15 is 0 Å². The van der Waals surface area contributed by atoms with Crippen LogP contribution >= 0.6 is 0 Å². The Hall–Kier alpha value is -1.82. The van der Waals surface area contributed by atoms with Crippen LogP contribution in [0.15, 0.2) is 54.7 Å². The first-order valence-corrected chi connectivity index (χ1v) is 6.40. The summed E-state index contributed by atoms with van der Waals surface area (Å²) in [4.78, 5) is 4.53. The van der Waals surface area contributed by atoms with Gasteiger partial charge >= 0.3 is 16.5 Å². The third kappa shape index (κ3) is 1.21. The van der Waals surface area contributed by atoms with Gasteiger partial charge in [0.15, 0.2) is 0 Å². The lowest BCUT2D eigenvalue weighted by Gasteiger charge is -2.03. The van der Waals surface area contributed by atoms with Crippen molar-refractivity contribution in [3.05, 3.63) is 54.7 Å². The van der Waals surface area contributed by atoms with Gasteiger partial charge in [-0.15, -0.1) is 0 Å². The minimum Gasteiger partial charge on any atom is -0.450 e. The zero-order valence-corrected chi connectivity index (χ0v) is 10.8. The van der Waals surface area contributed by atoms with Gasteiger partial charge in [0, 0.05) is 27.9 Å². The number of hydrogen-bond donors (Lipinski definition) is 0. The Balaban J connectivity index is 2.39. The molecule has 0 amide bonds. The van der Waals surface area contributed by atoms with Crippen LogP contribution in [-0.4, -0.2) is 25.0 Å². The fraction of sp³-hybridized carbons (Fsp3) is 0. The average Bonchev–Trinajstić information content (AvgIpc) is 2.73. The van der Waals surface area contributed by atoms with Crippen molar-refractivity contribution in [3.8, 4) is 0 Å². The lowest BCUT2D eigenvalue weighted by molar-refractivity contribution is 1.36. The summed E-state index contributed by atoms with van der Waals surface area (Å²) in [5.41, 5.74) is 3.45. The predicted octanol–water partition coefficient (Wildman–Crippen LogP) is 3.27. The Morgan fingerprint density at radius 3 is 2.72 bits per heavy atom. The minimum atomic E-state index is 1.06. The Labute approximate surface area is 112 Å². The molecule has 0 aliphatic carbocycles. The summed E-state index contributed by atoms with van der Waals surface area (Å²) >= 11 is 2.79. The van der Waals surface area contributed by atoms with Gasteiger partial charge in [0.2, 0.25) is 0 Å². The van der Waals surface area contributed by atoms with Gasteiger partial charge in [0.1, 0.15) is 0 Å². The first-order chi connectivity index (χ1) is 8.86. The summed E-state index contributed by atoms with van der Waals surface area (Å²) in [6, 6.07) is 16.8. The molecule has 2 aromatic heterocycles. The Morgan fingerprint density at radius 2 is 1.78 bits per heavy atom. The van der Waals surface area contributed by atoms with Crippen molar-refractivity contribution >= 4 is 49.2 Å². The molecular formula is C15H9AlN2. The zero-order chi connectivity index (χ0) is 12.1. The first-order valence-electron chi connectivity index (χ1n) is 5.88. The molecule has 0 unspecified atom stereocenters. The normalized spacial score (nSPS) is 11.6. The van der Waals surface area contributed by atoms with Crippen molar-refractivity contribution in [2.75, 3.05) is 0 Å². The van der Waals surface area contributed by atoms with Crippen molar-refractivity contribution in [2.24, 2.45) is 0 Å². The Kier molecular flexibility index (Phi) is 2.02. The van der Waals surface area contributed by atoms with E-state index in [0.29, 0.717) is 0 Å². The van der Waals surface area contributed by atoms with Crippen molar-refractivity contribution in [3.63, 3.8) is 0 Å². The van der Waals surface area contributed by atoms with E-state index in [4.69, 9.17) is 0 Å². The smallest absolute Gasteiger partial charge is 0.318 e. The topological polar surface area (TPSA) is 17.8 Å². The van der Waals surface area contributed by atoms with Gasteiger partial charge in [-0.2, -0.15) is 0 Å². The molecule has 0 saturated heterocycles. The van der Waals surface area contributed by atoms with Gasteiger partial charge in [-0.25, -0.2) is 0 Å². The van der Waals surface area contributed by atoms with Crippen LogP contribution < -0.4 is 0 Å². The van der Waals surface area contributed by atoms with Gasteiger partial charge in [0.05, 0.1) is 11.0 Å². The molecule has 2 aromatic carbocycles. The lowest BCUT2D eigenvalue weighted by atomic mass is 10.1. The molecule has 2 nitrogen and oxygen atoms in total. The van der Waals surface area contributed by atoms with Gasteiger partial charge in [-0.1, -0.05) is 36.4 Å². The number of rotatable bonds is 0. The lowest BCUT2D eigenvalue weighted by Crippen LogP contribution is -1.91. The van der Waals surface area contributed by atoms with Crippen LogP contribution in [0, 0.1) is 0 Å². The SMILES string of the molecule is [Al][n]1c2ccccc2c2ccc3cccnc3c21. The standard InChI is InChI=1S/C15H9N2.Al/c1-2-6-13-11(5-1)12-8-7-10-4-3-9-16-14(10)15(12)17-13;/h1-9H;/q-1;+1. The molecule has 0 fully saturated rings. The molecule has 0 bridgehead atoms. The molecule has 3 heteroatoms. The molecule has 0 N–H and O–H groups in total. The molecular weight excluding hydrogens is 235 g/mol. The van der Waals surface area contributed by atoms with Gasteiger partial charge in [0.25, 0.3) is 0 Å². The molecule has 0 atom stereocenters. The second-order valence-electron chi connectivity index (χ2n) is 4.42. The van der Waals surface area contributed by atoms with E-state index in [1.807, 2.05) is 12.3 Å². The molecule has 2 radical (unpaired) electrons. The first kappa shape index (κ1) is 10.1. The van der Waals surface area contributed by atoms with Crippen LogP contribution in [0.25, 0.3) is 32.7 Å². The fourth-order valence-electron chi connectivity index (χ4n) is 2.62.